The average Bonchev–Trinajstić information content (AvgIpc) is 3.28. The zero-order valence-corrected chi connectivity index (χ0v) is 21.4. The van der Waals surface area contributed by atoms with Gasteiger partial charge in [0.25, 0.3) is 15.9 Å². The maximum atomic E-state index is 12.9. The number of fused-ring (bicyclic) bond motifs is 1. The first-order valence-corrected chi connectivity index (χ1v) is 13.6. The number of rotatable bonds is 7. The molecule has 1 heterocycles. The standard InChI is InChI=1S/C30H27N3O3S.K.H/c1-21(2)29-31-27-18-17-25(30(34)32-37(35,36)26-11-7-4-8-12-26)19-28(27)33(29)20-22-13-15-24(16-14-22)23-9-5-3-6-10-23;;/h3-19,21H,20H2,1-2H3,(H,32,34);;. The van der Waals surface area contributed by atoms with Gasteiger partial charge in [-0.1, -0.05) is 86.6 Å². The monoisotopic (exact) mass is 549 g/mol. The Balaban J connectivity index is 0.00000336. The molecule has 5 rings (SSSR count). The number of amides is 1. The second-order valence-electron chi connectivity index (χ2n) is 9.22. The molecule has 0 bridgehead atoms. The number of nitrogens with one attached hydrogen (secondary N) is 1. The Morgan fingerprint density at radius 2 is 1.45 bits per heavy atom. The number of carbonyl (C=O) groups is 1. The van der Waals surface area contributed by atoms with Crippen molar-refractivity contribution in [2.24, 2.45) is 0 Å². The Hall–Kier alpha value is -2.59. The minimum absolute atomic E-state index is 0. The second kappa shape index (κ2) is 12.1. The van der Waals surface area contributed by atoms with E-state index in [2.05, 4.69) is 59.5 Å². The molecule has 0 saturated carbocycles. The fourth-order valence-electron chi connectivity index (χ4n) is 4.34. The zero-order chi connectivity index (χ0) is 26.0. The number of carbonyl (C=O) groups excluding carboxylic acids is 1. The van der Waals surface area contributed by atoms with Crippen LogP contribution in [0.25, 0.3) is 22.2 Å². The van der Waals surface area contributed by atoms with E-state index < -0.39 is 15.9 Å². The van der Waals surface area contributed by atoms with Crippen molar-refractivity contribution < 1.29 is 13.2 Å². The van der Waals surface area contributed by atoms with Gasteiger partial charge < -0.3 is 4.57 Å². The molecule has 0 unspecified atom stereocenters. The van der Waals surface area contributed by atoms with Gasteiger partial charge in [-0.3, -0.25) is 4.79 Å². The van der Waals surface area contributed by atoms with Crippen molar-refractivity contribution in [2.45, 2.75) is 31.2 Å². The molecule has 1 N–H and O–H groups in total. The van der Waals surface area contributed by atoms with E-state index in [9.17, 15) is 13.2 Å². The van der Waals surface area contributed by atoms with Crippen molar-refractivity contribution in [2.75, 3.05) is 0 Å². The first-order valence-electron chi connectivity index (χ1n) is 12.1. The number of nitrogens with zero attached hydrogens (tertiary/aromatic N) is 2. The molecule has 0 fully saturated rings. The van der Waals surface area contributed by atoms with Crippen LogP contribution >= 0.6 is 0 Å². The van der Waals surface area contributed by atoms with Crippen molar-refractivity contribution in [1.82, 2.24) is 14.3 Å². The Bertz CT molecular complexity index is 1670. The van der Waals surface area contributed by atoms with Crippen molar-refractivity contribution in [3.05, 3.63) is 120 Å². The number of aromatic nitrogens is 2. The van der Waals surface area contributed by atoms with Crippen LogP contribution in [0.4, 0.5) is 0 Å². The number of hydrogen-bond acceptors (Lipinski definition) is 4. The molecule has 8 heteroatoms. The van der Waals surface area contributed by atoms with Gasteiger partial charge in [0.1, 0.15) is 5.82 Å². The average molecular weight is 550 g/mol. The molecule has 1 aromatic heterocycles. The summed E-state index contributed by atoms with van der Waals surface area (Å²) in [5, 5.41) is 0. The van der Waals surface area contributed by atoms with Gasteiger partial charge in [-0.25, -0.2) is 18.1 Å². The van der Waals surface area contributed by atoms with E-state index in [-0.39, 0.29) is 67.8 Å². The van der Waals surface area contributed by atoms with Crippen molar-refractivity contribution in [3.63, 3.8) is 0 Å². The van der Waals surface area contributed by atoms with Crippen LogP contribution in [-0.4, -0.2) is 75.3 Å². The summed E-state index contributed by atoms with van der Waals surface area (Å²) in [7, 11) is -3.98. The van der Waals surface area contributed by atoms with Gasteiger partial charge in [0, 0.05) is 18.0 Å². The topological polar surface area (TPSA) is 81.1 Å². The van der Waals surface area contributed by atoms with Crippen LogP contribution in [0, 0.1) is 0 Å². The molecule has 188 valence electrons. The van der Waals surface area contributed by atoms with Crippen LogP contribution in [0.1, 0.15) is 41.5 Å². The molecule has 38 heavy (non-hydrogen) atoms. The molecule has 0 aliphatic heterocycles. The van der Waals surface area contributed by atoms with E-state index in [0.717, 1.165) is 33.5 Å². The number of sulfonamides is 1. The van der Waals surface area contributed by atoms with E-state index in [1.807, 2.05) is 18.2 Å². The van der Waals surface area contributed by atoms with E-state index >= 15 is 0 Å². The Kier molecular flexibility index (Phi) is 9.02. The maximum absolute atomic E-state index is 12.9. The van der Waals surface area contributed by atoms with Gasteiger partial charge in [-0.15, -0.1) is 0 Å². The molecule has 1 amide bonds. The molecule has 0 saturated heterocycles. The molecule has 6 nitrogen and oxygen atoms in total. The molecular formula is C30H28KN3O3S. The summed E-state index contributed by atoms with van der Waals surface area (Å²) in [6.07, 6.45) is 0. The van der Waals surface area contributed by atoms with Gasteiger partial charge in [-0.2, -0.15) is 0 Å². The number of imidazole rings is 1. The Morgan fingerprint density at radius 1 is 0.842 bits per heavy atom. The minimum atomic E-state index is -3.98. The summed E-state index contributed by atoms with van der Waals surface area (Å²) in [6, 6.07) is 31.5. The molecule has 0 radical (unpaired) electrons. The van der Waals surface area contributed by atoms with Gasteiger partial charge in [0.2, 0.25) is 0 Å². The summed E-state index contributed by atoms with van der Waals surface area (Å²) in [4.78, 5) is 17.8. The fraction of sp³-hybridized carbons (Fsp3) is 0.133. The predicted molar refractivity (Wildman–Crippen MR) is 153 cm³/mol. The van der Waals surface area contributed by atoms with Gasteiger partial charge in [-0.05, 0) is 47.0 Å². The third kappa shape index (κ3) is 6.17. The van der Waals surface area contributed by atoms with Crippen LogP contribution in [0.5, 0.6) is 0 Å². The fourth-order valence-corrected chi connectivity index (χ4v) is 5.34. The SMILES string of the molecule is CC(C)c1nc2ccc(C(=O)NS(=O)(=O)c3ccccc3)cc2n1Cc1ccc(-c2ccccc2)cc1.[KH]. The van der Waals surface area contributed by atoms with Gasteiger partial charge in [0.15, 0.2) is 0 Å². The van der Waals surface area contributed by atoms with Crippen LogP contribution in [0.3, 0.4) is 0 Å². The summed E-state index contributed by atoms with van der Waals surface area (Å²) in [6.45, 7) is 4.74. The molecule has 4 aromatic carbocycles. The molecular weight excluding hydrogens is 522 g/mol. The molecule has 5 aromatic rings. The summed E-state index contributed by atoms with van der Waals surface area (Å²) < 4.78 is 29.6. The predicted octanol–water partition coefficient (Wildman–Crippen LogP) is 5.35. The Morgan fingerprint density at radius 3 is 2.08 bits per heavy atom. The molecule has 0 spiro atoms. The van der Waals surface area contributed by atoms with Gasteiger partial charge in [0.05, 0.1) is 15.9 Å². The van der Waals surface area contributed by atoms with Crippen LogP contribution in [-0.2, 0) is 16.6 Å². The number of benzene rings is 4. The van der Waals surface area contributed by atoms with Gasteiger partial charge >= 0.3 is 51.4 Å². The Labute approximate surface area is 265 Å². The molecule has 0 aliphatic carbocycles. The van der Waals surface area contributed by atoms with Crippen LogP contribution < -0.4 is 4.72 Å². The normalized spacial score (nSPS) is 11.3. The van der Waals surface area contributed by atoms with E-state index in [1.54, 1.807) is 36.4 Å². The summed E-state index contributed by atoms with van der Waals surface area (Å²) in [5.74, 6) is 0.375. The summed E-state index contributed by atoms with van der Waals surface area (Å²) in [5.41, 5.74) is 5.19. The van der Waals surface area contributed by atoms with E-state index in [1.165, 1.54) is 12.1 Å². The van der Waals surface area contributed by atoms with E-state index in [0.29, 0.717) is 6.54 Å². The summed E-state index contributed by atoms with van der Waals surface area (Å²) >= 11 is 0. The third-order valence-electron chi connectivity index (χ3n) is 6.24. The molecule has 0 atom stereocenters. The molecule has 0 aliphatic rings. The van der Waals surface area contributed by atoms with Crippen molar-refractivity contribution >= 4 is 78.3 Å². The number of hydrogen-bond donors (Lipinski definition) is 1. The van der Waals surface area contributed by atoms with Crippen molar-refractivity contribution in [3.8, 4) is 11.1 Å². The van der Waals surface area contributed by atoms with Crippen molar-refractivity contribution in [1.29, 1.82) is 0 Å². The van der Waals surface area contributed by atoms with E-state index in [4.69, 9.17) is 4.98 Å². The zero-order valence-electron chi connectivity index (χ0n) is 20.6. The van der Waals surface area contributed by atoms with Crippen LogP contribution in [0.2, 0.25) is 0 Å². The quantitative estimate of drug-likeness (QED) is 0.278. The van der Waals surface area contributed by atoms with Crippen LogP contribution in [0.15, 0.2) is 108 Å². The first-order chi connectivity index (χ1) is 17.8. The second-order valence-corrected chi connectivity index (χ2v) is 10.9. The first kappa shape index (κ1) is 28.4. The third-order valence-corrected chi connectivity index (χ3v) is 7.59.